The second-order valence-corrected chi connectivity index (χ2v) is 12.6. The Hall–Kier alpha value is -6.72. The van der Waals surface area contributed by atoms with Crippen molar-refractivity contribution >= 4 is 76.5 Å². The average Bonchev–Trinajstić information content (AvgIpc) is 3.82. The summed E-state index contributed by atoms with van der Waals surface area (Å²) in [4.78, 5) is 10.8. The zero-order valence-electron chi connectivity index (χ0n) is 26.2. The molecule has 0 N–H and O–H groups in total. The molecule has 0 spiro atoms. The van der Waals surface area contributed by atoms with Crippen molar-refractivity contribution in [1.29, 1.82) is 0 Å². The van der Waals surface area contributed by atoms with E-state index in [-0.39, 0.29) is 0 Å². The van der Waals surface area contributed by atoms with E-state index in [1.54, 1.807) is 0 Å². The van der Waals surface area contributed by atoms with Crippen LogP contribution < -0.4 is 0 Å². The quantitative estimate of drug-likeness (QED) is 0.196. The maximum Gasteiger partial charge on any atom is 0.235 e. The highest BCUT2D eigenvalue weighted by atomic mass is 16.3. The van der Waals surface area contributed by atoms with Gasteiger partial charge in [-0.1, -0.05) is 109 Å². The van der Waals surface area contributed by atoms with E-state index in [0.717, 1.165) is 77.2 Å². The van der Waals surface area contributed by atoms with Gasteiger partial charge in [0.25, 0.3) is 0 Å². The summed E-state index contributed by atoms with van der Waals surface area (Å²) in [5.74, 6) is 0.633. The number of benzene rings is 7. The van der Waals surface area contributed by atoms with Crippen LogP contribution in [0.5, 0.6) is 0 Å². The molecule has 0 saturated heterocycles. The molecule has 0 saturated carbocycles. The second-order valence-electron chi connectivity index (χ2n) is 12.6. The van der Waals surface area contributed by atoms with Gasteiger partial charge in [-0.3, -0.25) is 4.57 Å². The highest BCUT2D eigenvalue weighted by Crippen LogP contribution is 2.43. The Balaban J connectivity index is 1.31. The largest absolute Gasteiger partial charge is 0.456 e. The maximum absolute atomic E-state index is 6.32. The average molecular weight is 627 g/mol. The summed E-state index contributed by atoms with van der Waals surface area (Å²) in [6.45, 7) is 0. The molecular weight excluding hydrogens is 601 g/mol. The van der Waals surface area contributed by atoms with Gasteiger partial charge in [-0.2, -0.15) is 0 Å². The highest BCUT2D eigenvalue weighted by molar-refractivity contribution is 6.26. The van der Waals surface area contributed by atoms with Crippen molar-refractivity contribution in [3.63, 3.8) is 0 Å². The van der Waals surface area contributed by atoms with E-state index < -0.39 is 0 Å². The molecule has 11 rings (SSSR count). The summed E-state index contributed by atoms with van der Waals surface area (Å²) in [5, 5.41) is 7.82. The van der Waals surface area contributed by atoms with Crippen LogP contribution >= 0.6 is 0 Å². The van der Waals surface area contributed by atoms with Gasteiger partial charge in [0.15, 0.2) is 0 Å². The third kappa shape index (κ3) is 3.64. The highest BCUT2D eigenvalue weighted by Gasteiger charge is 2.23. The summed E-state index contributed by atoms with van der Waals surface area (Å²) < 4.78 is 11.0. The van der Waals surface area contributed by atoms with Gasteiger partial charge in [-0.15, -0.1) is 0 Å². The number of fused-ring (bicyclic) bond motifs is 11. The fraction of sp³-hybridized carbons (Fsp3) is 0. The Morgan fingerprint density at radius 1 is 0.408 bits per heavy atom. The van der Waals surface area contributed by atoms with Gasteiger partial charge < -0.3 is 8.98 Å². The van der Waals surface area contributed by atoms with Gasteiger partial charge in [-0.25, -0.2) is 9.97 Å². The Bertz CT molecular complexity index is 3110. The van der Waals surface area contributed by atoms with Crippen molar-refractivity contribution in [1.82, 2.24) is 19.1 Å². The number of rotatable bonds is 3. The van der Waals surface area contributed by atoms with Gasteiger partial charge in [0, 0.05) is 49.0 Å². The van der Waals surface area contributed by atoms with Gasteiger partial charge in [0.05, 0.1) is 33.3 Å². The Labute approximate surface area is 279 Å². The van der Waals surface area contributed by atoms with Crippen molar-refractivity contribution in [2.75, 3.05) is 0 Å². The van der Waals surface area contributed by atoms with Crippen LogP contribution in [-0.4, -0.2) is 19.1 Å². The maximum atomic E-state index is 6.32. The number of para-hydroxylation sites is 5. The molecule has 0 amide bonds. The first kappa shape index (κ1) is 26.4. The lowest BCUT2D eigenvalue weighted by molar-refractivity contribution is 0.669. The zero-order valence-corrected chi connectivity index (χ0v) is 26.2. The molecule has 5 nitrogen and oxygen atoms in total. The van der Waals surface area contributed by atoms with Gasteiger partial charge in [0.1, 0.15) is 11.2 Å². The normalized spacial score (nSPS) is 12.1. The lowest BCUT2D eigenvalue weighted by Gasteiger charge is -2.13. The summed E-state index contributed by atoms with van der Waals surface area (Å²) in [6.07, 6.45) is 0. The predicted molar refractivity (Wildman–Crippen MR) is 201 cm³/mol. The van der Waals surface area contributed by atoms with Crippen LogP contribution in [0.2, 0.25) is 0 Å². The molecule has 0 unspecified atom stereocenters. The third-order valence-electron chi connectivity index (χ3n) is 9.93. The lowest BCUT2D eigenvalue weighted by atomic mass is 10.0. The standard InChI is InChI=1S/C44H26N4O/c1-2-13-27(14-3-1)47-36-22-10-6-17-31(36)41-37(47)26-25-29-28-15-5-9-21-35(28)48(43(29)41)44-45-34-20-8-4-16-30(34)42(46-44)33-19-12-24-39-40(33)32-18-7-11-23-38(32)49-39/h1-26H. The van der Waals surface area contributed by atoms with Crippen LogP contribution in [0.1, 0.15) is 0 Å². The number of nitrogens with zero attached hydrogens (tertiary/aromatic N) is 4. The number of hydrogen-bond donors (Lipinski definition) is 0. The van der Waals surface area contributed by atoms with Gasteiger partial charge >= 0.3 is 0 Å². The van der Waals surface area contributed by atoms with Crippen molar-refractivity contribution < 1.29 is 4.42 Å². The van der Waals surface area contributed by atoms with Crippen molar-refractivity contribution in [3.8, 4) is 22.9 Å². The first-order chi connectivity index (χ1) is 24.3. The smallest absolute Gasteiger partial charge is 0.235 e. The van der Waals surface area contributed by atoms with Crippen molar-refractivity contribution in [2.24, 2.45) is 0 Å². The number of aromatic nitrogens is 4. The van der Waals surface area contributed by atoms with E-state index in [4.69, 9.17) is 14.4 Å². The molecule has 11 aromatic rings. The molecule has 4 aromatic heterocycles. The molecule has 0 atom stereocenters. The molecule has 0 radical (unpaired) electrons. The fourth-order valence-electron chi connectivity index (χ4n) is 7.91. The fourth-order valence-corrected chi connectivity index (χ4v) is 7.91. The van der Waals surface area contributed by atoms with E-state index in [1.807, 2.05) is 24.3 Å². The summed E-state index contributed by atoms with van der Waals surface area (Å²) in [7, 11) is 0. The Kier molecular flexibility index (Phi) is 5.32. The molecule has 0 bridgehead atoms. The zero-order chi connectivity index (χ0) is 32.1. The van der Waals surface area contributed by atoms with Crippen LogP contribution in [-0.2, 0) is 0 Å². The molecule has 49 heavy (non-hydrogen) atoms. The Morgan fingerprint density at radius 3 is 1.94 bits per heavy atom. The number of hydrogen-bond acceptors (Lipinski definition) is 3. The predicted octanol–water partition coefficient (Wildman–Crippen LogP) is 11.4. The van der Waals surface area contributed by atoms with E-state index >= 15 is 0 Å². The van der Waals surface area contributed by atoms with Crippen LogP contribution in [0.15, 0.2) is 162 Å². The molecule has 7 aromatic carbocycles. The minimum Gasteiger partial charge on any atom is -0.456 e. The monoisotopic (exact) mass is 626 g/mol. The summed E-state index contributed by atoms with van der Waals surface area (Å²) in [5.41, 5.74) is 10.1. The second kappa shape index (κ2) is 9.89. The minimum absolute atomic E-state index is 0.633. The molecule has 0 aliphatic heterocycles. The molecular formula is C44H26N4O. The summed E-state index contributed by atoms with van der Waals surface area (Å²) in [6, 6.07) is 55.2. The van der Waals surface area contributed by atoms with Crippen molar-refractivity contribution in [3.05, 3.63) is 158 Å². The van der Waals surface area contributed by atoms with E-state index in [1.165, 1.54) is 16.2 Å². The molecule has 4 heterocycles. The van der Waals surface area contributed by atoms with Gasteiger partial charge in [0.2, 0.25) is 5.95 Å². The molecule has 5 heteroatoms. The van der Waals surface area contributed by atoms with E-state index in [2.05, 4.69) is 143 Å². The first-order valence-corrected chi connectivity index (χ1v) is 16.5. The Morgan fingerprint density at radius 2 is 1.08 bits per heavy atom. The molecule has 0 fully saturated rings. The van der Waals surface area contributed by atoms with Crippen molar-refractivity contribution in [2.45, 2.75) is 0 Å². The van der Waals surface area contributed by atoms with E-state index in [0.29, 0.717) is 5.95 Å². The third-order valence-corrected chi connectivity index (χ3v) is 9.93. The van der Waals surface area contributed by atoms with Crippen LogP contribution in [0.3, 0.4) is 0 Å². The van der Waals surface area contributed by atoms with Gasteiger partial charge in [-0.05, 0) is 48.5 Å². The lowest BCUT2D eigenvalue weighted by Crippen LogP contribution is -2.04. The number of furan rings is 1. The van der Waals surface area contributed by atoms with E-state index in [9.17, 15) is 0 Å². The van der Waals surface area contributed by atoms with Crippen LogP contribution in [0.25, 0.3) is 99.3 Å². The molecule has 0 aliphatic carbocycles. The SMILES string of the molecule is c1ccc(-n2c3ccccc3c3c2ccc2c4ccccc4n(-c4nc(-c5cccc6oc7ccccc7c56)c5ccccc5n4)c23)cc1. The molecule has 0 aliphatic rings. The minimum atomic E-state index is 0.633. The summed E-state index contributed by atoms with van der Waals surface area (Å²) >= 11 is 0. The molecule has 228 valence electrons. The van der Waals surface area contributed by atoms with Crippen LogP contribution in [0, 0.1) is 0 Å². The topological polar surface area (TPSA) is 48.8 Å². The van der Waals surface area contributed by atoms with Crippen LogP contribution in [0.4, 0.5) is 0 Å². The first-order valence-electron chi connectivity index (χ1n) is 16.5.